The zero-order chi connectivity index (χ0) is 22.5. The summed E-state index contributed by atoms with van der Waals surface area (Å²) in [5, 5.41) is 2.40. The summed E-state index contributed by atoms with van der Waals surface area (Å²) in [5.74, 6) is -0.701. The highest BCUT2D eigenvalue weighted by Crippen LogP contribution is 2.30. The summed E-state index contributed by atoms with van der Waals surface area (Å²) in [7, 11) is 0. The molecule has 30 heavy (non-hydrogen) atoms. The average molecular weight is 479 g/mol. The Morgan fingerprint density at radius 1 is 1.30 bits per heavy atom. The van der Waals surface area contributed by atoms with E-state index >= 15 is 0 Å². The van der Waals surface area contributed by atoms with Gasteiger partial charge < -0.3 is 15.8 Å². The third-order valence-electron chi connectivity index (χ3n) is 4.01. The minimum atomic E-state index is -0.718. The van der Waals surface area contributed by atoms with E-state index in [0.29, 0.717) is 17.7 Å². The first-order chi connectivity index (χ1) is 14.0. The fraction of sp³-hybridized carbons (Fsp3) is 0.429. The number of aliphatic imine (C=N–C) groups is 1. The van der Waals surface area contributed by atoms with Gasteiger partial charge in [0.1, 0.15) is 18.0 Å². The van der Waals surface area contributed by atoms with Gasteiger partial charge in [0.05, 0.1) is 5.69 Å². The Bertz CT molecular complexity index is 903. The van der Waals surface area contributed by atoms with Gasteiger partial charge in [-0.3, -0.25) is 14.5 Å². The van der Waals surface area contributed by atoms with E-state index in [1.54, 1.807) is 26.8 Å². The Morgan fingerprint density at radius 3 is 2.63 bits per heavy atom. The van der Waals surface area contributed by atoms with Crippen LogP contribution in [0.1, 0.15) is 46.1 Å². The largest absolute Gasteiger partial charge is 0.444 e. The minimum Gasteiger partial charge on any atom is -0.444 e. The lowest BCUT2D eigenvalue weighted by atomic mass is 10.1. The number of halogens is 1. The molecule has 8 nitrogen and oxygen atoms in total. The lowest BCUT2D eigenvalue weighted by Crippen LogP contribution is -2.45. The van der Waals surface area contributed by atoms with Gasteiger partial charge in [0.25, 0.3) is 5.91 Å². The van der Waals surface area contributed by atoms with Gasteiger partial charge in [-0.2, -0.15) is 0 Å². The van der Waals surface area contributed by atoms with Crippen LogP contribution in [0.25, 0.3) is 6.08 Å². The van der Waals surface area contributed by atoms with Crippen LogP contribution in [0, 0.1) is 0 Å². The van der Waals surface area contributed by atoms with Crippen molar-refractivity contribution in [3.05, 3.63) is 33.8 Å². The number of hydrogen-bond donors (Lipinski definition) is 2. The standard InChI is InChI=1S/C21H27BrN4O4/c1-5-8-26(18(27)12-24-20(29)30-21(2,3)4)19(28)14-9-13-6-7-15(22)11-16(13)25-17(23)10-14/h6-7,9,11H,5,8,10,12H2,1-4H3,(H2,23,25)(H,24,29). The highest BCUT2D eigenvalue weighted by atomic mass is 79.9. The minimum absolute atomic E-state index is 0.123. The molecule has 1 aliphatic heterocycles. The number of alkyl carbamates (subject to hydrolysis) is 1. The van der Waals surface area contributed by atoms with E-state index in [9.17, 15) is 14.4 Å². The van der Waals surface area contributed by atoms with E-state index in [0.717, 1.165) is 14.9 Å². The number of carbonyl (C=O) groups excluding carboxylic acids is 3. The first-order valence-electron chi connectivity index (χ1n) is 9.65. The van der Waals surface area contributed by atoms with Crippen LogP contribution in [0.5, 0.6) is 0 Å². The monoisotopic (exact) mass is 478 g/mol. The quantitative estimate of drug-likeness (QED) is 0.671. The maximum Gasteiger partial charge on any atom is 0.408 e. The number of imide groups is 1. The molecule has 2 rings (SSSR count). The van der Waals surface area contributed by atoms with Crippen molar-refractivity contribution in [1.29, 1.82) is 0 Å². The number of benzene rings is 1. The van der Waals surface area contributed by atoms with Gasteiger partial charge in [0.2, 0.25) is 5.91 Å². The van der Waals surface area contributed by atoms with Crippen LogP contribution in [0.4, 0.5) is 10.5 Å². The Kier molecular flexibility index (Phi) is 7.77. The number of nitrogens with zero attached hydrogens (tertiary/aromatic N) is 2. The second kappa shape index (κ2) is 9.88. The number of nitrogens with one attached hydrogen (secondary N) is 1. The summed E-state index contributed by atoms with van der Waals surface area (Å²) in [6.07, 6.45) is 1.68. The van der Waals surface area contributed by atoms with Crippen LogP contribution < -0.4 is 11.1 Å². The van der Waals surface area contributed by atoms with E-state index in [4.69, 9.17) is 10.5 Å². The van der Waals surface area contributed by atoms with Gasteiger partial charge in [-0.05, 0) is 45.4 Å². The Morgan fingerprint density at radius 2 is 2.00 bits per heavy atom. The number of amides is 3. The van der Waals surface area contributed by atoms with Crippen LogP contribution in [-0.2, 0) is 14.3 Å². The predicted molar refractivity (Wildman–Crippen MR) is 119 cm³/mol. The summed E-state index contributed by atoms with van der Waals surface area (Å²) in [5.41, 5.74) is 7.05. The van der Waals surface area contributed by atoms with E-state index in [-0.39, 0.29) is 25.3 Å². The van der Waals surface area contributed by atoms with Gasteiger partial charge in [-0.15, -0.1) is 0 Å². The van der Waals surface area contributed by atoms with Gasteiger partial charge in [0.15, 0.2) is 0 Å². The first-order valence-corrected chi connectivity index (χ1v) is 10.4. The van der Waals surface area contributed by atoms with Crippen molar-refractivity contribution in [2.45, 2.75) is 46.1 Å². The normalized spacial score (nSPS) is 13.4. The lowest BCUT2D eigenvalue weighted by molar-refractivity contribution is -0.142. The Balaban J connectivity index is 2.20. The molecule has 0 spiro atoms. The van der Waals surface area contributed by atoms with Crippen molar-refractivity contribution in [2.75, 3.05) is 13.1 Å². The van der Waals surface area contributed by atoms with Crippen LogP contribution in [0.15, 0.2) is 33.2 Å². The third kappa shape index (κ3) is 6.69. The number of carbonyl (C=O) groups is 3. The molecule has 0 atom stereocenters. The SMILES string of the molecule is CCCN(C(=O)CNC(=O)OC(C)(C)C)C(=O)C1=Cc2ccc(Br)cc2N=C(N)C1. The van der Waals surface area contributed by atoms with Crippen molar-refractivity contribution in [1.82, 2.24) is 10.2 Å². The molecule has 0 saturated heterocycles. The number of amidine groups is 1. The molecule has 0 aromatic heterocycles. The topological polar surface area (TPSA) is 114 Å². The van der Waals surface area contributed by atoms with Gasteiger partial charge >= 0.3 is 6.09 Å². The molecule has 162 valence electrons. The lowest BCUT2D eigenvalue weighted by Gasteiger charge is -2.23. The predicted octanol–water partition coefficient (Wildman–Crippen LogP) is 3.51. The molecule has 0 fully saturated rings. The fourth-order valence-electron chi connectivity index (χ4n) is 2.80. The van der Waals surface area contributed by atoms with Gasteiger partial charge in [-0.1, -0.05) is 28.9 Å². The number of hydrogen-bond acceptors (Lipinski definition) is 6. The molecule has 9 heteroatoms. The maximum absolute atomic E-state index is 13.2. The zero-order valence-electron chi connectivity index (χ0n) is 17.6. The molecule has 3 amide bonds. The van der Waals surface area contributed by atoms with E-state index in [1.807, 2.05) is 25.1 Å². The van der Waals surface area contributed by atoms with Crippen LogP contribution in [-0.4, -0.2) is 47.3 Å². The van der Waals surface area contributed by atoms with Crippen molar-refractivity contribution in [3.8, 4) is 0 Å². The smallest absolute Gasteiger partial charge is 0.408 e. The number of rotatable bonds is 5. The third-order valence-corrected chi connectivity index (χ3v) is 4.50. The summed E-state index contributed by atoms with van der Waals surface area (Å²) < 4.78 is 5.98. The molecule has 1 heterocycles. The van der Waals surface area contributed by atoms with E-state index in [1.165, 1.54) is 0 Å². The van der Waals surface area contributed by atoms with Gasteiger partial charge in [0, 0.05) is 28.6 Å². The fourth-order valence-corrected chi connectivity index (χ4v) is 3.14. The number of fused-ring (bicyclic) bond motifs is 1. The zero-order valence-corrected chi connectivity index (χ0v) is 19.2. The van der Waals surface area contributed by atoms with Crippen LogP contribution >= 0.6 is 15.9 Å². The molecule has 0 aliphatic carbocycles. The van der Waals surface area contributed by atoms with Crippen molar-refractivity contribution < 1.29 is 19.1 Å². The summed E-state index contributed by atoms with van der Waals surface area (Å²) in [6.45, 7) is 6.90. The summed E-state index contributed by atoms with van der Waals surface area (Å²) in [4.78, 5) is 43.2. The Labute approximate surface area is 184 Å². The molecule has 1 aromatic carbocycles. The molecular formula is C21H27BrN4O4. The molecule has 3 N–H and O–H groups in total. The number of nitrogens with two attached hydrogens (primary N) is 1. The van der Waals surface area contributed by atoms with Crippen LogP contribution in [0.2, 0.25) is 0 Å². The van der Waals surface area contributed by atoms with E-state index in [2.05, 4.69) is 26.2 Å². The highest BCUT2D eigenvalue weighted by Gasteiger charge is 2.26. The molecule has 0 saturated carbocycles. The first kappa shape index (κ1) is 23.6. The van der Waals surface area contributed by atoms with E-state index < -0.39 is 23.5 Å². The average Bonchev–Trinajstić information content (AvgIpc) is 2.79. The van der Waals surface area contributed by atoms with Crippen molar-refractivity contribution in [3.63, 3.8) is 0 Å². The van der Waals surface area contributed by atoms with Crippen molar-refractivity contribution in [2.24, 2.45) is 10.7 Å². The molecular weight excluding hydrogens is 452 g/mol. The maximum atomic E-state index is 13.2. The second-order valence-electron chi connectivity index (χ2n) is 7.86. The molecule has 0 bridgehead atoms. The second-order valence-corrected chi connectivity index (χ2v) is 8.77. The molecule has 1 aromatic rings. The summed E-state index contributed by atoms with van der Waals surface area (Å²) in [6, 6.07) is 5.48. The molecule has 0 unspecified atom stereocenters. The van der Waals surface area contributed by atoms with Gasteiger partial charge in [-0.25, -0.2) is 9.79 Å². The molecule has 1 aliphatic rings. The number of ether oxygens (including phenoxy) is 1. The Hall–Kier alpha value is -2.68. The highest BCUT2D eigenvalue weighted by molar-refractivity contribution is 9.10. The van der Waals surface area contributed by atoms with Crippen LogP contribution in [0.3, 0.4) is 0 Å². The summed E-state index contributed by atoms with van der Waals surface area (Å²) >= 11 is 3.39. The van der Waals surface area contributed by atoms with Crippen molar-refractivity contribution >= 4 is 51.4 Å². The molecule has 0 radical (unpaired) electrons.